The van der Waals surface area contributed by atoms with E-state index in [2.05, 4.69) is 4.98 Å². The number of alkyl halides is 3. The van der Waals surface area contributed by atoms with E-state index in [-0.39, 0.29) is 15.6 Å². The molecule has 0 aliphatic carbocycles. The molecule has 0 atom stereocenters. The first-order chi connectivity index (χ1) is 7.79. The average Bonchev–Trinajstić information content (AvgIpc) is 2.17. The van der Waals surface area contributed by atoms with Gasteiger partial charge < -0.3 is 0 Å². The molecular weight excluding hydrogens is 274 g/mol. The summed E-state index contributed by atoms with van der Waals surface area (Å²) < 4.78 is 37.6. The zero-order valence-corrected chi connectivity index (χ0v) is 10.1. The van der Waals surface area contributed by atoms with Crippen molar-refractivity contribution in [2.45, 2.75) is 13.1 Å². The fraction of sp³-hybridized carbons (Fsp3) is 0.182. The standard InChI is InChI=1S/C11H6Cl2F3N/c1-5-2-6-7(12)4-9(11(14,15)16)17-10(6)8(13)3-5/h2-4H,1H3. The number of halogens is 5. The van der Waals surface area contributed by atoms with Crippen molar-refractivity contribution >= 4 is 34.1 Å². The van der Waals surface area contributed by atoms with Crippen LogP contribution in [0.2, 0.25) is 10.0 Å². The van der Waals surface area contributed by atoms with E-state index in [4.69, 9.17) is 23.2 Å². The van der Waals surface area contributed by atoms with Crippen molar-refractivity contribution < 1.29 is 13.2 Å². The first-order valence-corrected chi connectivity index (χ1v) is 5.38. The first kappa shape index (κ1) is 12.5. The summed E-state index contributed by atoms with van der Waals surface area (Å²) in [6.45, 7) is 1.78. The van der Waals surface area contributed by atoms with Gasteiger partial charge in [-0.05, 0) is 30.7 Å². The number of pyridine rings is 1. The fourth-order valence-electron chi connectivity index (χ4n) is 1.53. The number of rotatable bonds is 0. The molecule has 17 heavy (non-hydrogen) atoms. The van der Waals surface area contributed by atoms with E-state index < -0.39 is 11.9 Å². The number of hydrogen-bond acceptors (Lipinski definition) is 1. The highest BCUT2D eigenvalue weighted by molar-refractivity contribution is 6.39. The van der Waals surface area contributed by atoms with Crippen molar-refractivity contribution in [3.05, 3.63) is 39.5 Å². The molecule has 1 heterocycles. The summed E-state index contributed by atoms with van der Waals surface area (Å²) in [5, 5.41) is 0.575. The van der Waals surface area contributed by atoms with Crippen LogP contribution in [0.3, 0.4) is 0 Å². The molecule has 0 saturated heterocycles. The highest BCUT2D eigenvalue weighted by Gasteiger charge is 2.33. The third-order valence-corrected chi connectivity index (χ3v) is 2.85. The zero-order valence-electron chi connectivity index (χ0n) is 8.57. The number of aryl methyl sites for hydroxylation is 1. The molecule has 2 aromatic rings. The van der Waals surface area contributed by atoms with E-state index in [1.54, 1.807) is 19.1 Å². The van der Waals surface area contributed by atoms with Crippen LogP contribution in [0, 0.1) is 6.92 Å². The lowest BCUT2D eigenvalue weighted by molar-refractivity contribution is -0.140. The largest absolute Gasteiger partial charge is 0.433 e. The molecule has 1 aromatic carbocycles. The van der Waals surface area contributed by atoms with Crippen LogP contribution in [0.25, 0.3) is 10.9 Å². The van der Waals surface area contributed by atoms with Gasteiger partial charge in [0.1, 0.15) is 5.69 Å². The Kier molecular flexibility index (Phi) is 2.96. The summed E-state index contributed by atoms with van der Waals surface area (Å²) >= 11 is 11.7. The van der Waals surface area contributed by atoms with Crippen molar-refractivity contribution in [2.75, 3.05) is 0 Å². The number of benzene rings is 1. The summed E-state index contributed by atoms with van der Waals surface area (Å²) in [5.74, 6) is 0. The maximum Gasteiger partial charge on any atom is 0.433 e. The Labute approximate surface area is 105 Å². The summed E-state index contributed by atoms with van der Waals surface area (Å²) in [4.78, 5) is 3.51. The summed E-state index contributed by atoms with van der Waals surface area (Å²) in [6.07, 6.45) is -4.54. The molecule has 0 radical (unpaired) electrons. The van der Waals surface area contributed by atoms with Crippen LogP contribution in [-0.4, -0.2) is 4.98 Å². The molecule has 0 unspecified atom stereocenters. The monoisotopic (exact) mass is 279 g/mol. The molecule has 0 spiro atoms. The molecule has 0 amide bonds. The van der Waals surface area contributed by atoms with E-state index in [9.17, 15) is 13.2 Å². The quantitative estimate of drug-likeness (QED) is 0.671. The van der Waals surface area contributed by atoms with Gasteiger partial charge in [-0.2, -0.15) is 13.2 Å². The predicted octanol–water partition coefficient (Wildman–Crippen LogP) is 4.87. The Bertz CT molecular complexity index is 593. The molecule has 0 fully saturated rings. The molecule has 1 nitrogen and oxygen atoms in total. The lowest BCUT2D eigenvalue weighted by Crippen LogP contribution is -2.08. The van der Waals surface area contributed by atoms with Crippen molar-refractivity contribution in [1.29, 1.82) is 0 Å². The first-order valence-electron chi connectivity index (χ1n) is 4.62. The summed E-state index contributed by atoms with van der Waals surface area (Å²) in [5.41, 5.74) is -0.163. The third-order valence-electron chi connectivity index (χ3n) is 2.25. The fourth-order valence-corrected chi connectivity index (χ4v) is 2.09. The van der Waals surface area contributed by atoms with Gasteiger partial charge in [0.2, 0.25) is 0 Å². The van der Waals surface area contributed by atoms with Gasteiger partial charge in [0.05, 0.1) is 15.6 Å². The molecule has 0 bridgehead atoms. The molecule has 0 aliphatic heterocycles. The molecule has 0 saturated carbocycles. The SMILES string of the molecule is Cc1cc(Cl)c2nc(C(F)(F)F)cc(Cl)c2c1. The lowest BCUT2D eigenvalue weighted by atomic mass is 10.1. The van der Waals surface area contributed by atoms with Gasteiger partial charge in [-0.15, -0.1) is 0 Å². The van der Waals surface area contributed by atoms with Gasteiger partial charge in [0, 0.05) is 5.39 Å². The molecule has 6 heteroatoms. The molecule has 1 aromatic heterocycles. The van der Waals surface area contributed by atoms with E-state index >= 15 is 0 Å². The Hall–Kier alpha value is -1.00. The number of hydrogen-bond donors (Lipinski definition) is 0. The predicted molar refractivity (Wildman–Crippen MR) is 61.5 cm³/mol. The summed E-state index contributed by atoms with van der Waals surface area (Å²) in [7, 11) is 0. The highest BCUT2D eigenvalue weighted by atomic mass is 35.5. The minimum absolute atomic E-state index is 0.00655. The van der Waals surface area contributed by atoms with Crippen LogP contribution in [0.4, 0.5) is 13.2 Å². The van der Waals surface area contributed by atoms with E-state index in [0.29, 0.717) is 5.39 Å². The van der Waals surface area contributed by atoms with Gasteiger partial charge in [-0.3, -0.25) is 0 Å². The number of nitrogens with zero attached hydrogens (tertiary/aromatic N) is 1. The lowest BCUT2D eigenvalue weighted by Gasteiger charge is -2.10. The van der Waals surface area contributed by atoms with Crippen LogP contribution in [0.15, 0.2) is 18.2 Å². The van der Waals surface area contributed by atoms with Crippen LogP contribution in [0.1, 0.15) is 11.3 Å². The molecule has 0 aliphatic rings. The molecule has 2 rings (SSSR count). The second kappa shape index (κ2) is 4.03. The van der Waals surface area contributed by atoms with Crippen LogP contribution >= 0.6 is 23.2 Å². The Morgan fingerprint density at radius 3 is 2.29 bits per heavy atom. The van der Waals surface area contributed by atoms with Crippen LogP contribution in [0.5, 0.6) is 0 Å². The average molecular weight is 280 g/mol. The van der Waals surface area contributed by atoms with Crippen molar-refractivity contribution in [1.82, 2.24) is 4.98 Å². The minimum Gasteiger partial charge on any atom is -0.242 e. The van der Waals surface area contributed by atoms with Crippen molar-refractivity contribution in [2.24, 2.45) is 0 Å². The third kappa shape index (κ3) is 2.33. The van der Waals surface area contributed by atoms with Gasteiger partial charge in [-0.25, -0.2) is 4.98 Å². The second-order valence-electron chi connectivity index (χ2n) is 3.63. The Morgan fingerprint density at radius 1 is 1.06 bits per heavy atom. The Balaban J connectivity index is 2.83. The van der Waals surface area contributed by atoms with Crippen molar-refractivity contribution in [3.63, 3.8) is 0 Å². The van der Waals surface area contributed by atoms with E-state index in [1.165, 1.54) is 0 Å². The van der Waals surface area contributed by atoms with E-state index in [1.807, 2.05) is 0 Å². The smallest absolute Gasteiger partial charge is 0.242 e. The van der Waals surface area contributed by atoms with E-state index in [0.717, 1.165) is 11.6 Å². The van der Waals surface area contributed by atoms with Crippen molar-refractivity contribution in [3.8, 4) is 0 Å². The summed E-state index contributed by atoms with van der Waals surface area (Å²) in [6, 6.07) is 4.00. The van der Waals surface area contributed by atoms with Gasteiger partial charge in [-0.1, -0.05) is 23.2 Å². The molecule has 0 N–H and O–H groups in total. The minimum atomic E-state index is -4.54. The maximum atomic E-state index is 12.5. The molecule has 90 valence electrons. The van der Waals surface area contributed by atoms with Gasteiger partial charge in [0.25, 0.3) is 0 Å². The highest BCUT2D eigenvalue weighted by Crippen LogP contribution is 2.35. The number of fused-ring (bicyclic) bond motifs is 1. The van der Waals surface area contributed by atoms with Gasteiger partial charge in [0.15, 0.2) is 0 Å². The second-order valence-corrected chi connectivity index (χ2v) is 4.44. The topological polar surface area (TPSA) is 12.9 Å². The maximum absolute atomic E-state index is 12.5. The normalized spacial score (nSPS) is 12.1. The number of aromatic nitrogens is 1. The Morgan fingerprint density at radius 2 is 1.71 bits per heavy atom. The van der Waals surface area contributed by atoms with Crippen LogP contribution in [-0.2, 0) is 6.18 Å². The van der Waals surface area contributed by atoms with Crippen LogP contribution < -0.4 is 0 Å². The zero-order chi connectivity index (χ0) is 12.8. The van der Waals surface area contributed by atoms with Gasteiger partial charge >= 0.3 is 6.18 Å². The molecular formula is C11H6Cl2F3N.